The molecule has 164 valence electrons. The van der Waals surface area contributed by atoms with Gasteiger partial charge in [0.1, 0.15) is 17.6 Å². The molecule has 33 heavy (non-hydrogen) atoms. The smallest absolute Gasteiger partial charge is 0.280 e. The summed E-state index contributed by atoms with van der Waals surface area (Å²) in [5.74, 6) is 1.06. The number of nitro benzene ring substituents is 1. The second kappa shape index (κ2) is 8.48. The third kappa shape index (κ3) is 3.85. The molecule has 2 aromatic heterocycles. The molecule has 1 saturated heterocycles. The number of para-hydroxylation sites is 1. The average molecular weight is 457 g/mol. The molecule has 2 atom stereocenters. The Hall–Kier alpha value is -4.04. The Bertz CT molecular complexity index is 1340. The highest BCUT2D eigenvalue weighted by molar-refractivity contribution is 7.80. The highest BCUT2D eigenvalue weighted by Crippen LogP contribution is 2.43. The van der Waals surface area contributed by atoms with Crippen molar-refractivity contribution in [3.63, 3.8) is 0 Å². The molecule has 1 N–H and O–H groups in total. The maximum atomic E-state index is 11.5. The van der Waals surface area contributed by atoms with Gasteiger partial charge in [0.15, 0.2) is 5.11 Å². The zero-order valence-electron chi connectivity index (χ0n) is 17.7. The van der Waals surface area contributed by atoms with Gasteiger partial charge in [-0.3, -0.25) is 15.1 Å². The minimum Gasteiger partial charge on any atom is -0.459 e. The van der Waals surface area contributed by atoms with Gasteiger partial charge in [0.25, 0.3) is 5.69 Å². The number of benzene rings is 2. The van der Waals surface area contributed by atoms with Gasteiger partial charge in [-0.25, -0.2) is 0 Å². The van der Waals surface area contributed by atoms with E-state index >= 15 is 0 Å². The lowest BCUT2D eigenvalue weighted by atomic mass is 10.0. The fraction of sp³-hybridized carbons (Fsp3) is 0.120. The van der Waals surface area contributed by atoms with Crippen LogP contribution in [-0.2, 0) is 0 Å². The first-order chi connectivity index (χ1) is 16.0. The van der Waals surface area contributed by atoms with E-state index in [1.54, 1.807) is 30.5 Å². The van der Waals surface area contributed by atoms with Crippen LogP contribution in [0.1, 0.15) is 29.1 Å². The average Bonchev–Trinajstić information content (AvgIpc) is 3.44. The number of nitro groups is 1. The van der Waals surface area contributed by atoms with Gasteiger partial charge in [-0.15, -0.1) is 0 Å². The standard InChI is InChI=1S/C25H20N4O3S/c1-16-7-6-8-17(15-16)28-24(23(27-25(28)33)19-10-4-5-14-26-19)22-13-12-21(32-22)18-9-2-3-11-20(18)29(30)31/h2-15,23-24H,1H3,(H,27,33)/t23-,24+/m1/s1. The highest BCUT2D eigenvalue weighted by Gasteiger charge is 2.42. The van der Waals surface area contributed by atoms with Crippen LogP contribution in [0.3, 0.4) is 0 Å². The van der Waals surface area contributed by atoms with Crippen molar-refractivity contribution in [1.82, 2.24) is 10.3 Å². The first-order valence-electron chi connectivity index (χ1n) is 10.4. The Morgan fingerprint density at radius 2 is 1.88 bits per heavy atom. The van der Waals surface area contributed by atoms with Gasteiger partial charge in [0, 0.05) is 18.0 Å². The molecule has 3 heterocycles. The van der Waals surface area contributed by atoms with Crippen molar-refractivity contribution in [1.29, 1.82) is 0 Å². The predicted octanol–water partition coefficient (Wildman–Crippen LogP) is 5.74. The van der Waals surface area contributed by atoms with Crippen molar-refractivity contribution in [2.24, 2.45) is 0 Å². The van der Waals surface area contributed by atoms with Gasteiger partial charge in [-0.05, 0) is 67.2 Å². The first kappa shape index (κ1) is 20.8. The van der Waals surface area contributed by atoms with Crippen molar-refractivity contribution in [3.05, 3.63) is 112 Å². The first-order valence-corrected chi connectivity index (χ1v) is 10.8. The Kier molecular flexibility index (Phi) is 5.35. The van der Waals surface area contributed by atoms with Gasteiger partial charge in [0.05, 0.1) is 22.2 Å². The molecule has 0 aliphatic carbocycles. The van der Waals surface area contributed by atoms with Crippen molar-refractivity contribution < 1.29 is 9.34 Å². The van der Waals surface area contributed by atoms with Crippen LogP contribution in [-0.4, -0.2) is 15.0 Å². The lowest BCUT2D eigenvalue weighted by molar-refractivity contribution is -0.384. The summed E-state index contributed by atoms with van der Waals surface area (Å²) in [7, 11) is 0. The van der Waals surface area contributed by atoms with Crippen LogP contribution in [0.25, 0.3) is 11.3 Å². The van der Waals surface area contributed by atoms with Gasteiger partial charge in [-0.1, -0.05) is 30.3 Å². The third-order valence-electron chi connectivity index (χ3n) is 5.66. The van der Waals surface area contributed by atoms with E-state index in [0.29, 0.717) is 22.2 Å². The summed E-state index contributed by atoms with van der Waals surface area (Å²) < 4.78 is 6.25. The summed E-state index contributed by atoms with van der Waals surface area (Å²) >= 11 is 5.73. The summed E-state index contributed by atoms with van der Waals surface area (Å²) in [5, 5.41) is 15.5. The Morgan fingerprint density at radius 3 is 2.64 bits per heavy atom. The molecule has 1 aliphatic heterocycles. The van der Waals surface area contributed by atoms with Crippen LogP contribution < -0.4 is 10.2 Å². The molecule has 5 rings (SSSR count). The number of rotatable bonds is 5. The molecule has 0 radical (unpaired) electrons. The van der Waals surface area contributed by atoms with E-state index in [2.05, 4.69) is 16.4 Å². The number of aromatic nitrogens is 1. The van der Waals surface area contributed by atoms with E-state index in [1.165, 1.54) is 6.07 Å². The van der Waals surface area contributed by atoms with Crippen molar-refractivity contribution in [2.75, 3.05) is 4.90 Å². The molecular formula is C25H20N4O3S. The SMILES string of the molecule is Cc1cccc(N2C(=S)N[C@H](c3ccccn3)[C@@H]2c2ccc(-c3ccccc3[N+](=O)[O-])o2)c1. The van der Waals surface area contributed by atoms with E-state index < -0.39 is 4.92 Å². The van der Waals surface area contributed by atoms with Gasteiger partial charge >= 0.3 is 0 Å². The Labute approximate surface area is 195 Å². The topological polar surface area (TPSA) is 84.4 Å². The number of nitrogens with one attached hydrogen (secondary N) is 1. The number of aryl methyl sites for hydroxylation is 1. The fourth-order valence-electron chi connectivity index (χ4n) is 4.20. The van der Waals surface area contributed by atoms with Crippen molar-refractivity contribution >= 4 is 28.7 Å². The maximum Gasteiger partial charge on any atom is 0.280 e. The van der Waals surface area contributed by atoms with E-state index in [1.807, 2.05) is 54.3 Å². The van der Waals surface area contributed by atoms with E-state index in [0.717, 1.165) is 16.9 Å². The Morgan fingerprint density at radius 1 is 1.06 bits per heavy atom. The highest BCUT2D eigenvalue weighted by atomic mass is 32.1. The molecule has 4 aromatic rings. The van der Waals surface area contributed by atoms with E-state index in [9.17, 15) is 10.1 Å². The second-order valence-electron chi connectivity index (χ2n) is 7.81. The molecular weight excluding hydrogens is 436 g/mol. The molecule has 0 bridgehead atoms. The molecule has 0 spiro atoms. The van der Waals surface area contributed by atoms with Crippen LogP contribution in [0.5, 0.6) is 0 Å². The molecule has 8 heteroatoms. The molecule has 0 saturated carbocycles. The molecule has 2 aromatic carbocycles. The summed E-state index contributed by atoms with van der Waals surface area (Å²) in [6.07, 6.45) is 1.74. The summed E-state index contributed by atoms with van der Waals surface area (Å²) in [4.78, 5) is 17.7. The van der Waals surface area contributed by atoms with Crippen LogP contribution in [0, 0.1) is 17.0 Å². The second-order valence-corrected chi connectivity index (χ2v) is 8.20. The number of thiocarbonyl (C=S) groups is 1. The monoisotopic (exact) mass is 456 g/mol. The van der Waals surface area contributed by atoms with Gasteiger partial charge < -0.3 is 14.6 Å². The normalized spacial score (nSPS) is 17.7. The largest absolute Gasteiger partial charge is 0.459 e. The van der Waals surface area contributed by atoms with E-state index in [-0.39, 0.29) is 17.8 Å². The van der Waals surface area contributed by atoms with Crippen molar-refractivity contribution in [2.45, 2.75) is 19.0 Å². The number of nitrogens with zero attached hydrogens (tertiary/aromatic N) is 3. The minimum atomic E-state index is -0.403. The lowest BCUT2D eigenvalue weighted by Crippen LogP contribution is -2.29. The third-order valence-corrected chi connectivity index (χ3v) is 5.98. The van der Waals surface area contributed by atoms with Crippen LogP contribution in [0.2, 0.25) is 0 Å². The molecule has 0 amide bonds. The van der Waals surface area contributed by atoms with Crippen LogP contribution in [0.15, 0.2) is 89.5 Å². The van der Waals surface area contributed by atoms with Gasteiger partial charge in [0.2, 0.25) is 0 Å². The Balaban J connectivity index is 1.62. The summed E-state index contributed by atoms with van der Waals surface area (Å²) in [6.45, 7) is 2.03. The molecule has 7 nitrogen and oxygen atoms in total. The number of hydrogen-bond donors (Lipinski definition) is 1. The molecule has 1 aliphatic rings. The molecule has 1 fully saturated rings. The number of furan rings is 1. The quantitative estimate of drug-likeness (QED) is 0.233. The number of anilines is 1. The molecule has 0 unspecified atom stereocenters. The van der Waals surface area contributed by atoms with Gasteiger partial charge in [-0.2, -0.15) is 0 Å². The summed E-state index contributed by atoms with van der Waals surface area (Å²) in [5.41, 5.74) is 3.28. The summed E-state index contributed by atoms with van der Waals surface area (Å²) in [6, 6.07) is 23.4. The zero-order valence-corrected chi connectivity index (χ0v) is 18.5. The van der Waals surface area contributed by atoms with Crippen LogP contribution >= 0.6 is 12.2 Å². The van der Waals surface area contributed by atoms with E-state index in [4.69, 9.17) is 16.6 Å². The lowest BCUT2D eigenvalue weighted by Gasteiger charge is -2.26. The fourth-order valence-corrected chi connectivity index (χ4v) is 4.54. The number of pyridine rings is 1. The van der Waals surface area contributed by atoms with Crippen LogP contribution in [0.4, 0.5) is 11.4 Å². The predicted molar refractivity (Wildman–Crippen MR) is 130 cm³/mol. The maximum absolute atomic E-state index is 11.5. The minimum absolute atomic E-state index is 0.00437. The zero-order chi connectivity index (χ0) is 22.9. The number of hydrogen-bond acceptors (Lipinski definition) is 5. The van der Waals surface area contributed by atoms with Crippen molar-refractivity contribution in [3.8, 4) is 11.3 Å².